The van der Waals surface area contributed by atoms with E-state index in [4.69, 9.17) is 0 Å². The lowest BCUT2D eigenvalue weighted by Crippen LogP contribution is -2.27. The summed E-state index contributed by atoms with van der Waals surface area (Å²) < 4.78 is 0. The zero-order valence-corrected chi connectivity index (χ0v) is 10.1. The number of aliphatic hydroxyl groups excluding tert-OH is 1. The predicted octanol–water partition coefficient (Wildman–Crippen LogP) is -0.0954. The average molecular weight is 239 g/mol. The highest BCUT2D eigenvalue weighted by atomic mass is 16.3. The van der Waals surface area contributed by atoms with Crippen molar-refractivity contribution in [3.8, 4) is 0 Å². The molecule has 1 heterocycles. The minimum atomic E-state index is -0.481. The normalized spacial score (nSPS) is 11.8. The first-order valence-corrected chi connectivity index (χ1v) is 5.28. The number of carbonyl (C=O) groups is 1. The van der Waals surface area contributed by atoms with Gasteiger partial charge in [0.05, 0.1) is 17.5 Å². The summed E-state index contributed by atoms with van der Waals surface area (Å²) in [6, 6.07) is 1.71. The van der Waals surface area contributed by atoms with E-state index in [-0.39, 0.29) is 5.91 Å². The van der Waals surface area contributed by atoms with Crippen molar-refractivity contribution < 1.29 is 9.90 Å². The largest absolute Gasteiger partial charge is 0.393 e. The van der Waals surface area contributed by atoms with Gasteiger partial charge in [-0.25, -0.2) is 0 Å². The third-order valence-electron chi connectivity index (χ3n) is 2.00. The number of nitrogens with one attached hydrogen (secondary N) is 3. The summed E-state index contributed by atoms with van der Waals surface area (Å²) in [7, 11) is 1.75. The second-order valence-corrected chi connectivity index (χ2v) is 3.70. The van der Waals surface area contributed by atoms with Crippen molar-refractivity contribution in [3.63, 3.8) is 0 Å². The smallest absolute Gasteiger partial charge is 0.235 e. The number of anilines is 2. The first kappa shape index (κ1) is 13.2. The zero-order valence-electron chi connectivity index (χ0n) is 10.1. The van der Waals surface area contributed by atoms with Crippen LogP contribution in [0.3, 0.4) is 0 Å². The molecule has 0 fully saturated rings. The molecule has 0 saturated carbocycles. The van der Waals surface area contributed by atoms with E-state index in [0.717, 1.165) is 5.69 Å². The van der Waals surface area contributed by atoms with Gasteiger partial charge in [-0.15, -0.1) is 5.10 Å². The van der Waals surface area contributed by atoms with Crippen LogP contribution in [-0.2, 0) is 11.2 Å². The number of hydrogen-bond donors (Lipinski definition) is 4. The van der Waals surface area contributed by atoms with E-state index < -0.39 is 6.10 Å². The SMILES string of the molecule is CNc1cc(NNC(C)=O)nnc1CC(C)O. The van der Waals surface area contributed by atoms with Crippen molar-refractivity contribution in [2.45, 2.75) is 26.4 Å². The van der Waals surface area contributed by atoms with Gasteiger partial charge in [0, 0.05) is 26.5 Å². The van der Waals surface area contributed by atoms with Crippen molar-refractivity contribution in [1.29, 1.82) is 0 Å². The van der Waals surface area contributed by atoms with Crippen LogP contribution >= 0.6 is 0 Å². The van der Waals surface area contributed by atoms with Gasteiger partial charge >= 0.3 is 0 Å². The molecule has 1 unspecified atom stereocenters. The van der Waals surface area contributed by atoms with Gasteiger partial charge in [0.2, 0.25) is 5.91 Å². The number of rotatable bonds is 5. The molecule has 94 valence electrons. The monoisotopic (exact) mass is 239 g/mol. The fraction of sp³-hybridized carbons (Fsp3) is 0.500. The maximum Gasteiger partial charge on any atom is 0.235 e. The molecule has 1 atom stereocenters. The molecule has 7 nitrogen and oxygen atoms in total. The first-order chi connectivity index (χ1) is 8.02. The zero-order chi connectivity index (χ0) is 12.8. The second-order valence-electron chi connectivity index (χ2n) is 3.70. The highest BCUT2D eigenvalue weighted by molar-refractivity contribution is 5.74. The van der Waals surface area contributed by atoms with Crippen LogP contribution in [0.1, 0.15) is 19.5 Å². The Hall–Kier alpha value is -1.89. The van der Waals surface area contributed by atoms with E-state index >= 15 is 0 Å². The van der Waals surface area contributed by atoms with E-state index in [1.165, 1.54) is 6.92 Å². The summed E-state index contributed by atoms with van der Waals surface area (Å²) in [5.74, 6) is 0.213. The highest BCUT2D eigenvalue weighted by Gasteiger charge is 2.08. The van der Waals surface area contributed by atoms with Crippen LogP contribution in [0.15, 0.2) is 6.07 Å². The van der Waals surface area contributed by atoms with Gasteiger partial charge in [-0.1, -0.05) is 0 Å². The molecular weight excluding hydrogens is 222 g/mol. The Balaban J connectivity index is 2.80. The molecular formula is C10H17N5O2. The molecule has 1 aromatic heterocycles. The van der Waals surface area contributed by atoms with E-state index in [2.05, 4.69) is 26.4 Å². The van der Waals surface area contributed by atoms with Crippen molar-refractivity contribution in [2.24, 2.45) is 0 Å². The highest BCUT2D eigenvalue weighted by Crippen LogP contribution is 2.16. The Morgan fingerprint density at radius 1 is 1.53 bits per heavy atom. The molecule has 0 bridgehead atoms. The maximum atomic E-state index is 10.7. The molecule has 0 saturated heterocycles. The van der Waals surface area contributed by atoms with Gasteiger partial charge in [-0.2, -0.15) is 5.10 Å². The molecule has 0 aromatic carbocycles. The van der Waals surface area contributed by atoms with Crippen LogP contribution in [0, 0.1) is 0 Å². The number of nitrogens with zero attached hydrogens (tertiary/aromatic N) is 2. The molecule has 1 rings (SSSR count). The Kier molecular flexibility index (Phi) is 4.65. The van der Waals surface area contributed by atoms with E-state index in [1.54, 1.807) is 20.0 Å². The second kappa shape index (κ2) is 6.00. The minimum Gasteiger partial charge on any atom is -0.393 e. The Labute approximate surface area is 99.6 Å². The van der Waals surface area contributed by atoms with E-state index in [0.29, 0.717) is 17.9 Å². The summed E-state index contributed by atoms with van der Waals surface area (Å²) in [6.07, 6.45) is -0.0607. The predicted molar refractivity (Wildman–Crippen MR) is 64.4 cm³/mol. The fourth-order valence-electron chi connectivity index (χ4n) is 1.28. The lowest BCUT2D eigenvalue weighted by Gasteiger charge is -2.11. The Morgan fingerprint density at radius 3 is 2.76 bits per heavy atom. The molecule has 4 N–H and O–H groups in total. The third-order valence-corrected chi connectivity index (χ3v) is 2.00. The number of aliphatic hydroxyl groups is 1. The minimum absolute atomic E-state index is 0.217. The van der Waals surface area contributed by atoms with E-state index in [9.17, 15) is 9.90 Å². The van der Waals surface area contributed by atoms with Gasteiger partial charge in [0.25, 0.3) is 0 Å². The number of hydrogen-bond acceptors (Lipinski definition) is 6. The van der Waals surface area contributed by atoms with Gasteiger partial charge in [0.15, 0.2) is 5.82 Å². The molecule has 0 aliphatic rings. The van der Waals surface area contributed by atoms with E-state index in [1.807, 2.05) is 0 Å². The molecule has 17 heavy (non-hydrogen) atoms. The lowest BCUT2D eigenvalue weighted by atomic mass is 10.2. The summed E-state index contributed by atoms with van der Waals surface area (Å²) in [5, 5.41) is 20.1. The molecule has 0 aliphatic carbocycles. The topological polar surface area (TPSA) is 99.2 Å². The number of hydrazine groups is 1. The fourth-order valence-corrected chi connectivity index (χ4v) is 1.28. The summed E-state index contributed by atoms with van der Waals surface area (Å²) in [5.41, 5.74) is 6.46. The first-order valence-electron chi connectivity index (χ1n) is 5.28. The van der Waals surface area contributed by atoms with Crippen LogP contribution in [0.2, 0.25) is 0 Å². The van der Waals surface area contributed by atoms with Crippen LogP contribution < -0.4 is 16.2 Å². The standard InChI is InChI=1S/C10H17N5O2/c1-6(16)4-9-8(11-3)5-10(15-13-9)14-12-7(2)17/h5-6,16H,4H2,1-3H3,(H,12,17)(H2,11,14,15). The lowest BCUT2D eigenvalue weighted by molar-refractivity contribution is -0.118. The molecule has 7 heteroatoms. The van der Waals surface area contributed by atoms with Gasteiger partial charge in [-0.05, 0) is 6.92 Å². The summed E-state index contributed by atoms with van der Waals surface area (Å²) in [6.45, 7) is 3.08. The summed E-state index contributed by atoms with van der Waals surface area (Å²) in [4.78, 5) is 10.7. The van der Waals surface area contributed by atoms with Crippen molar-refractivity contribution in [2.75, 3.05) is 17.8 Å². The molecule has 0 aliphatic heterocycles. The van der Waals surface area contributed by atoms with Crippen molar-refractivity contribution in [3.05, 3.63) is 11.8 Å². The Bertz CT molecular complexity index is 394. The quantitative estimate of drug-likeness (QED) is 0.536. The van der Waals surface area contributed by atoms with Crippen LogP contribution in [0.25, 0.3) is 0 Å². The molecule has 0 radical (unpaired) electrons. The van der Waals surface area contributed by atoms with Gasteiger partial charge < -0.3 is 10.4 Å². The van der Waals surface area contributed by atoms with Crippen LogP contribution in [0.5, 0.6) is 0 Å². The molecule has 0 spiro atoms. The van der Waals surface area contributed by atoms with Gasteiger partial charge in [-0.3, -0.25) is 15.6 Å². The van der Waals surface area contributed by atoms with Crippen LogP contribution in [-0.4, -0.2) is 34.4 Å². The van der Waals surface area contributed by atoms with Crippen molar-refractivity contribution in [1.82, 2.24) is 15.6 Å². The Morgan fingerprint density at radius 2 is 2.24 bits per heavy atom. The number of carbonyl (C=O) groups excluding carboxylic acids is 1. The summed E-state index contributed by atoms with van der Waals surface area (Å²) >= 11 is 0. The average Bonchev–Trinajstić information content (AvgIpc) is 2.26. The van der Waals surface area contributed by atoms with Crippen LogP contribution in [0.4, 0.5) is 11.5 Å². The number of aromatic nitrogens is 2. The van der Waals surface area contributed by atoms with Gasteiger partial charge in [0.1, 0.15) is 0 Å². The number of amides is 1. The molecule has 1 aromatic rings. The van der Waals surface area contributed by atoms with Crippen molar-refractivity contribution >= 4 is 17.4 Å². The third kappa shape index (κ3) is 4.23. The molecule has 1 amide bonds. The maximum absolute atomic E-state index is 10.7.